The molecular weight excluding hydrogens is 228 g/mol. The minimum absolute atomic E-state index is 0.191. The van der Waals surface area contributed by atoms with Gasteiger partial charge in [-0.3, -0.25) is 14.5 Å². The Bertz CT molecular complexity index is 493. The number of rotatable bonds is 2. The van der Waals surface area contributed by atoms with Gasteiger partial charge in [0.25, 0.3) is 0 Å². The van der Waals surface area contributed by atoms with E-state index in [2.05, 4.69) is 20.0 Å². The van der Waals surface area contributed by atoms with Gasteiger partial charge in [0.1, 0.15) is 6.26 Å². The molecule has 0 aromatic carbocycles. The molecule has 88 valence electrons. The molecule has 17 heavy (non-hydrogen) atoms. The van der Waals surface area contributed by atoms with Crippen molar-refractivity contribution in [1.82, 2.24) is 10.1 Å². The number of anilines is 1. The van der Waals surface area contributed by atoms with Gasteiger partial charge in [-0.2, -0.15) is 0 Å². The van der Waals surface area contributed by atoms with Gasteiger partial charge in [-0.05, 0) is 0 Å². The molecule has 1 aliphatic heterocycles. The summed E-state index contributed by atoms with van der Waals surface area (Å²) in [5.41, 5.74) is 0. The highest BCUT2D eigenvalue weighted by atomic mass is 16.5. The smallest absolute Gasteiger partial charge is 0.349 e. The molecule has 0 saturated heterocycles. The predicted octanol–water partition coefficient (Wildman–Crippen LogP) is -0.108. The van der Waals surface area contributed by atoms with Crippen LogP contribution in [0.4, 0.5) is 10.6 Å². The number of aromatic nitrogens is 1. The van der Waals surface area contributed by atoms with Crippen LogP contribution in [-0.2, 0) is 9.59 Å². The van der Waals surface area contributed by atoms with Gasteiger partial charge in [-0.25, -0.2) is 9.79 Å². The van der Waals surface area contributed by atoms with E-state index in [0.29, 0.717) is 0 Å². The maximum atomic E-state index is 11.7. The number of imide groups is 1. The van der Waals surface area contributed by atoms with E-state index < -0.39 is 23.8 Å². The topological polar surface area (TPSA) is 105 Å². The van der Waals surface area contributed by atoms with Crippen LogP contribution in [0.2, 0.25) is 0 Å². The molecule has 2 rings (SSSR count). The number of urea groups is 1. The van der Waals surface area contributed by atoms with E-state index >= 15 is 0 Å². The van der Waals surface area contributed by atoms with Crippen LogP contribution in [0.15, 0.2) is 21.8 Å². The van der Waals surface area contributed by atoms with Gasteiger partial charge in [-0.15, -0.1) is 0 Å². The highest BCUT2D eigenvalue weighted by Crippen LogP contribution is 2.10. The zero-order chi connectivity index (χ0) is 12.4. The van der Waals surface area contributed by atoms with Gasteiger partial charge >= 0.3 is 6.03 Å². The Hall–Kier alpha value is -2.51. The fourth-order valence-electron chi connectivity index (χ4n) is 1.25. The first-order valence-electron chi connectivity index (χ1n) is 4.66. The van der Waals surface area contributed by atoms with Crippen molar-refractivity contribution in [3.05, 3.63) is 12.3 Å². The van der Waals surface area contributed by atoms with Crippen molar-refractivity contribution in [2.75, 3.05) is 12.4 Å². The fourth-order valence-corrected chi connectivity index (χ4v) is 1.25. The molecule has 8 nitrogen and oxygen atoms in total. The summed E-state index contributed by atoms with van der Waals surface area (Å²) in [5.74, 6) is -2.19. The van der Waals surface area contributed by atoms with Crippen molar-refractivity contribution in [3.8, 4) is 0 Å². The SMILES string of the molecule is CN1C(=O)N=CC(C(=O)Nc2ccon2)C1=O. The van der Waals surface area contributed by atoms with Crippen LogP contribution in [-0.4, -0.2) is 41.2 Å². The third-order valence-corrected chi connectivity index (χ3v) is 2.19. The van der Waals surface area contributed by atoms with Gasteiger partial charge in [0.15, 0.2) is 11.7 Å². The Morgan fingerprint density at radius 2 is 2.29 bits per heavy atom. The van der Waals surface area contributed by atoms with Gasteiger partial charge in [0.05, 0.1) is 0 Å². The molecule has 0 spiro atoms. The molecule has 0 aliphatic carbocycles. The number of hydrogen-bond donors (Lipinski definition) is 1. The minimum Gasteiger partial charge on any atom is -0.363 e. The Kier molecular flexibility index (Phi) is 2.69. The van der Waals surface area contributed by atoms with Crippen molar-refractivity contribution in [1.29, 1.82) is 0 Å². The van der Waals surface area contributed by atoms with E-state index in [-0.39, 0.29) is 5.82 Å². The Morgan fingerprint density at radius 3 is 2.94 bits per heavy atom. The number of nitrogens with zero attached hydrogens (tertiary/aromatic N) is 3. The first kappa shape index (κ1) is 11.0. The lowest BCUT2D eigenvalue weighted by Gasteiger charge is -2.20. The first-order chi connectivity index (χ1) is 8.09. The van der Waals surface area contributed by atoms with E-state index in [4.69, 9.17) is 0 Å². The average molecular weight is 236 g/mol. The second-order valence-electron chi connectivity index (χ2n) is 3.31. The molecule has 1 unspecified atom stereocenters. The largest absolute Gasteiger partial charge is 0.363 e. The van der Waals surface area contributed by atoms with Gasteiger partial charge in [0, 0.05) is 19.3 Å². The molecule has 4 amide bonds. The van der Waals surface area contributed by atoms with Crippen molar-refractivity contribution < 1.29 is 18.9 Å². The second kappa shape index (κ2) is 4.16. The molecule has 8 heteroatoms. The summed E-state index contributed by atoms with van der Waals surface area (Å²) in [7, 11) is 1.26. The van der Waals surface area contributed by atoms with E-state index in [9.17, 15) is 14.4 Å². The lowest BCUT2D eigenvalue weighted by Crippen LogP contribution is -2.45. The minimum atomic E-state index is -1.13. The Balaban J connectivity index is 2.12. The molecule has 0 radical (unpaired) electrons. The van der Waals surface area contributed by atoms with Crippen LogP contribution in [0.5, 0.6) is 0 Å². The summed E-state index contributed by atoms with van der Waals surface area (Å²) in [6, 6.07) is 0.734. The number of nitrogens with one attached hydrogen (secondary N) is 1. The van der Waals surface area contributed by atoms with Crippen LogP contribution in [0.3, 0.4) is 0 Å². The van der Waals surface area contributed by atoms with Crippen LogP contribution >= 0.6 is 0 Å². The second-order valence-corrected chi connectivity index (χ2v) is 3.31. The monoisotopic (exact) mass is 236 g/mol. The molecule has 1 atom stereocenters. The number of carbonyl (C=O) groups excluding carboxylic acids is 3. The zero-order valence-corrected chi connectivity index (χ0v) is 8.78. The van der Waals surface area contributed by atoms with Crippen LogP contribution in [0, 0.1) is 5.92 Å². The summed E-state index contributed by atoms with van der Waals surface area (Å²) < 4.78 is 4.52. The maximum absolute atomic E-state index is 11.7. The third kappa shape index (κ3) is 2.05. The molecule has 0 fully saturated rings. The molecule has 1 aromatic rings. The van der Waals surface area contributed by atoms with Crippen molar-refractivity contribution >= 4 is 29.9 Å². The highest BCUT2D eigenvalue weighted by molar-refractivity contribution is 6.22. The third-order valence-electron chi connectivity index (χ3n) is 2.19. The number of carbonyl (C=O) groups is 3. The molecule has 2 heterocycles. The Morgan fingerprint density at radius 1 is 1.53 bits per heavy atom. The first-order valence-corrected chi connectivity index (χ1v) is 4.66. The van der Waals surface area contributed by atoms with E-state index in [0.717, 1.165) is 11.1 Å². The number of hydrogen-bond acceptors (Lipinski definition) is 5. The zero-order valence-electron chi connectivity index (χ0n) is 8.78. The standard InChI is InChI=1S/C9H8N4O4/c1-13-8(15)5(4-10-9(13)16)7(14)11-6-2-3-17-12-6/h2-5H,1H3,(H,11,12,14). The molecule has 1 N–H and O–H groups in total. The van der Waals surface area contributed by atoms with Crippen molar-refractivity contribution in [3.63, 3.8) is 0 Å². The average Bonchev–Trinajstić information content (AvgIpc) is 2.78. The summed E-state index contributed by atoms with van der Waals surface area (Å²) in [6.07, 6.45) is 2.29. The molecule has 0 bridgehead atoms. The van der Waals surface area contributed by atoms with Crippen LogP contribution in [0.25, 0.3) is 0 Å². The quantitative estimate of drug-likeness (QED) is 0.721. The van der Waals surface area contributed by atoms with E-state index in [1.165, 1.54) is 19.4 Å². The van der Waals surface area contributed by atoms with Crippen molar-refractivity contribution in [2.24, 2.45) is 10.9 Å². The molecular formula is C9H8N4O4. The number of amides is 4. The van der Waals surface area contributed by atoms with Crippen LogP contribution < -0.4 is 5.32 Å². The van der Waals surface area contributed by atoms with E-state index in [1.54, 1.807) is 0 Å². The molecule has 1 aromatic heterocycles. The van der Waals surface area contributed by atoms with Gasteiger partial charge in [0.2, 0.25) is 11.8 Å². The molecule has 1 aliphatic rings. The van der Waals surface area contributed by atoms with Crippen molar-refractivity contribution in [2.45, 2.75) is 0 Å². The summed E-state index contributed by atoms with van der Waals surface area (Å²) >= 11 is 0. The van der Waals surface area contributed by atoms with E-state index in [1.807, 2.05) is 0 Å². The van der Waals surface area contributed by atoms with Gasteiger partial charge < -0.3 is 9.84 Å². The lowest BCUT2D eigenvalue weighted by atomic mass is 10.1. The fraction of sp³-hybridized carbons (Fsp3) is 0.222. The van der Waals surface area contributed by atoms with Crippen LogP contribution in [0.1, 0.15) is 0 Å². The lowest BCUT2D eigenvalue weighted by molar-refractivity contribution is -0.134. The summed E-state index contributed by atoms with van der Waals surface area (Å²) in [6.45, 7) is 0. The Labute approximate surface area is 95.3 Å². The summed E-state index contributed by atoms with van der Waals surface area (Å²) in [5, 5.41) is 5.83. The van der Waals surface area contributed by atoms with Gasteiger partial charge in [-0.1, -0.05) is 5.16 Å². The normalized spacial score (nSPS) is 19.6. The number of aliphatic imine (C=N–C) groups is 1. The molecule has 0 saturated carbocycles. The summed E-state index contributed by atoms with van der Waals surface area (Å²) in [4.78, 5) is 38.6. The predicted molar refractivity (Wildman–Crippen MR) is 55.3 cm³/mol. The highest BCUT2D eigenvalue weighted by Gasteiger charge is 2.34. The maximum Gasteiger partial charge on any atom is 0.349 e.